The second-order valence-corrected chi connectivity index (χ2v) is 3.46. The molecule has 1 aromatic heterocycles. The molecule has 0 fully saturated rings. The lowest BCUT2D eigenvalue weighted by Gasteiger charge is -2.10. The highest BCUT2D eigenvalue weighted by Crippen LogP contribution is 2.23. The van der Waals surface area contributed by atoms with Crippen molar-refractivity contribution in [2.45, 2.75) is 6.54 Å². The summed E-state index contributed by atoms with van der Waals surface area (Å²) in [7, 11) is 1.31. The molecule has 0 saturated heterocycles. The van der Waals surface area contributed by atoms with Gasteiger partial charge in [0.15, 0.2) is 5.82 Å². The molecule has 0 unspecified atom stereocenters. The van der Waals surface area contributed by atoms with Crippen LogP contribution in [0.5, 0.6) is 0 Å². The average molecular weight is 248 g/mol. The van der Waals surface area contributed by atoms with E-state index < -0.39 is 5.97 Å². The number of esters is 1. The van der Waals surface area contributed by atoms with Gasteiger partial charge in [-0.15, -0.1) is 0 Å². The molecule has 0 amide bonds. The van der Waals surface area contributed by atoms with Gasteiger partial charge in [-0.2, -0.15) is 4.98 Å². The molecule has 1 aromatic carbocycles. The number of nitrogens with zero attached hydrogens (tertiary/aromatic N) is 2. The molecule has 1 heterocycles. The summed E-state index contributed by atoms with van der Waals surface area (Å²) < 4.78 is 9.24. The zero-order valence-corrected chi connectivity index (χ0v) is 9.71. The Kier molecular flexibility index (Phi) is 3.42. The maximum absolute atomic E-state index is 11.4. The van der Waals surface area contributed by atoms with Crippen molar-refractivity contribution in [2.75, 3.05) is 18.2 Å². The van der Waals surface area contributed by atoms with Crippen molar-refractivity contribution in [3.63, 3.8) is 0 Å². The van der Waals surface area contributed by atoms with Crippen LogP contribution >= 0.6 is 0 Å². The van der Waals surface area contributed by atoms with E-state index in [1.807, 2.05) is 0 Å². The number of nitrogen functional groups attached to an aromatic ring is 1. The van der Waals surface area contributed by atoms with E-state index in [9.17, 15) is 4.79 Å². The Morgan fingerprint density at radius 3 is 3.06 bits per heavy atom. The van der Waals surface area contributed by atoms with E-state index >= 15 is 0 Å². The molecule has 0 spiro atoms. The fourth-order valence-corrected chi connectivity index (χ4v) is 1.45. The zero-order valence-electron chi connectivity index (χ0n) is 9.71. The molecule has 2 rings (SSSR count). The van der Waals surface area contributed by atoms with Gasteiger partial charge < -0.3 is 20.3 Å². The predicted octanol–water partition coefficient (Wildman–Crippen LogP) is 1.05. The number of hydrogen-bond donors (Lipinski definition) is 2. The molecule has 94 valence electrons. The van der Waals surface area contributed by atoms with Crippen LogP contribution in [-0.2, 0) is 11.3 Å². The number of rotatable bonds is 4. The fraction of sp³-hybridized carbons (Fsp3) is 0.182. The minimum Gasteiger partial charge on any atom is -0.465 e. The second-order valence-electron chi connectivity index (χ2n) is 3.46. The van der Waals surface area contributed by atoms with Gasteiger partial charge in [-0.1, -0.05) is 11.2 Å². The lowest BCUT2D eigenvalue weighted by Crippen LogP contribution is -2.09. The van der Waals surface area contributed by atoms with E-state index in [0.717, 1.165) is 0 Å². The average Bonchev–Trinajstić information content (AvgIpc) is 2.90. The van der Waals surface area contributed by atoms with E-state index in [4.69, 9.17) is 5.73 Å². The number of benzene rings is 1. The van der Waals surface area contributed by atoms with Crippen LogP contribution in [0.25, 0.3) is 0 Å². The number of aromatic nitrogens is 2. The SMILES string of the molecule is COC(=O)c1cccc(NCc2ncon2)c1N. The summed E-state index contributed by atoms with van der Waals surface area (Å²) in [5.74, 6) is 0.0218. The van der Waals surface area contributed by atoms with Gasteiger partial charge in [-0.3, -0.25) is 0 Å². The van der Waals surface area contributed by atoms with Crippen LogP contribution in [0.2, 0.25) is 0 Å². The monoisotopic (exact) mass is 248 g/mol. The first-order valence-electron chi connectivity index (χ1n) is 5.18. The second kappa shape index (κ2) is 5.17. The molecule has 0 saturated carbocycles. The van der Waals surface area contributed by atoms with Gasteiger partial charge in [-0.05, 0) is 12.1 Å². The van der Waals surface area contributed by atoms with Crippen molar-refractivity contribution in [3.05, 3.63) is 36.0 Å². The summed E-state index contributed by atoms with van der Waals surface area (Å²) in [5.41, 5.74) is 7.13. The molecular weight excluding hydrogens is 236 g/mol. The van der Waals surface area contributed by atoms with Crippen LogP contribution < -0.4 is 11.1 Å². The van der Waals surface area contributed by atoms with Gasteiger partial charge in [0, 0.05) is 0 Å². The van der Waals surface area contributed by atoms with Crippen LogP contribution in [-0.4, -0.2) is 23.2 Å². The Bertz CT molecular complexity index is 539. The van der Waals surface area contributed by atoms with Gasteiger partial charge in [-0.25, -0.2) is 4.79 Å². The Morgan fingerprint density at radius 2 is 2.39 bits per heavy atom. The summed E-state index contributed by atoms with van der Waals surface area (Å²) in [5, 5.41) is 6.67. The minimum absolute atomic E-state index is 0.315. The van der Waals surface area contributed by atoms with Crippen molar-refractivity contribution in [3.8, 4) is 0 Å². The van der Waals surface area contributed by atoms with E-state index in [0.29, 0.717) is 29.3 Å². The number of carbonyl (C=O) groups is 1. The highest BCUT2D eigenvalue weighted by atomic mass is 16.5. The van der Waals surface area contributed by atoms with Crippen molar-refractivity contribution in [2.24, 2.45) is 0 Å². The van der Waals surface area contributed by atoms with Crippen LogP contribution in [0.15, 0.2) is 29.1 Å². The maximum Gasteiger partial charge on any atom is 0.340 e. The van der Waals surface area contributed by atoms with Crippen LogP contribution in [0, 0.1) is 0 Å². The highest BCUT2D eigenvalue weighted by molar-refractivity contribution is 5.98. The summed E-state index contributed by atoms with van der Waals surface area (Å²) >= 11 is 0. The van der Waals surface area contributed by atoms with Crippen molar-refractivity contribution in [1.29, 1.82) is 0 Å². The van der Waals surface area contributed by atoms with E-state index in [1.165, 1.54) is 13.5 Å². The number of nitrogens with one attached hydrogen (secondary N) is 1. The standard InChI is InChI=1S/C11H12N4O3/c1-17-11(16)7-3-2-4-8(10(7)12)13-5-9-14-6-18-15-9/h2-4,6,13H,5,12H2,1H3. The lowest BCUT2D eigenvalue weighted by atomic mass is 10.1. The molecule has 18 heavy (non-hydrogen) atoms. The van der Waals surface area contributed by atoms with Crippen LogP contribution in [0.4, 0.5) is 11.4 Å². The summed E-state index contributed by atoms with van der Waals surface area (Å²) in [6, 6.07) is 5.06. The first-order valence-corrected chi connectivity index (χ1v) is 5.18. The third kappa shape index (κ3) is 2.40. The van der Waals surface area contributed by atoms with E-state index in [-0.39, 0.29) is 0 Å². The Morgan fingerprint density at radius 1 is 1.56 bits per heavy atom. The largest absolute Gasteiger partial charge is 0.465 e. The first-order chi connectivity index (χ1) is 8.72. The summed E-state index contributed by atoms with van der Waals surface area (Å²) in [6.07, 6.45) is 1.24. The Balaban J connectivity index is 2.16. The molecule has 0 atom stereocenters. The predicted molar refractivity (Wildman–Crippen MR) is 63.8 cm³/mol. The molecule has 2 aromatic rings. The fourth-order valence-electron chi connectivity index (χ4n) is 1.45. The van der Waals surface area contributed by atoms with E-state index in [1.54, 1.807) is 18.2 Å². The molecule has 0 radical (unpaired) electrons. The molecule has 0 aliphatic heterocycles. The zero-order chi connectivity index (χ0) is 13.0. The van der Waals surface area contributed by atoms with Crippen LogP contribution in [0.3, 0.4) is 0 Å². The van der Waals surface area contributed by atoms with Gasteiger partial charge in [0.25, 0.3) is 0 Å². The Hall–Kier alpha value is -2.57. The highest BCUT2D eigenvalue weighted by Gasteiger charge is 2.12. The smallest absolute Gasteiger partial charge is 0.340 e. The third-order valence-electron chi connectivity index (χ3n) is 2.36. The number of para-hydroxylation sites is 1. The first kappa shape index (κ1) is 11.9. The molecule has 7 heteroatoms. The number of ether oxygens (including phenoxy) is 1. The number of carbonyl (C=O) groups excluding carboxylic acids is 1. The quantitative estimate of drug-likeness (QED) is 0.615. The van der Waals surface area contributed by atoms with Gasteiger partial charge >= 0.3 is 5.97 Å². The normalized spacial score (nSPS) is 10.1. The minimum atomic E-state index is -0.476. The number of nitrogens with two attached hydrogens (primary N) is 1. The summed E-state index contributed by atoms with van der Waals surface area (Å²) in [4.78, 5) is 15.3. The van der Waals surface area contributed by atoms with Gasteiger partial charge in [0.1, 0.15) is 0 Å². The third-order valence-corrected chi connectivity index (χ3v) is 2.36. The van der Waals surface area contributed by atoms with Crippen molar-refractivity contribution in [1.82, 2.24) is 10.1 Å². The van der Waals surface area contributed by atoms with Crippen LogP contribution in [0.1, 0.15) is 16.2 Å². The summed E-state index contributed by atoms with van der Waals surface area (Å²) in [6.45, 7) is 0.353. The lowest BCUT2D eigenvalue weighted by molar-refractivity contribution is 0.0602. The Labute approximate surface area is 103 Å². The topological polar surface area (TPSA) is 103 Å². The maximum atomic E-state index is 11.4. The molecule has 0 bridgehead atoms. The molecule has 3 N–H and O–H groups in total. The van der Waals surface area contributed by atoms with E-state index in [2.05, 4.69) is 24.7 Å². The molecule has 0 aliphatic rings. The number of anilines is 2. The molecule has 0 aliphatic carbocycles. The molecule has 7 nitrogen and oxygen atoms in total. The number of methoxy groups -OCH3 is 1. The number of hydrogen-bond acceptors (Lipinski definition) is 7. The van der Waals surface area contributed by atoms with Gasteiger partial charge in [0.05, 0.1) is 30.6 Å². The van der Waals surface area contributed by atoms with Gasteiger partial charge in [0.2, 0.25) is 6.39 Å². The van der Waals surface area contributed by atoms with Crippen molar-refractivity contribution >= 4 is 17.3 Å². The van der Waals surface area contributed by atoms with Crippen molar-refractivity contribution < 1.29 is 14.1 Å². The molecular formula is C11H12N4O3.